The molecule has 1 aliphatic carbocycles. The van der Waals surface area contributed by atoms with Crippen molar-refractivity contribution in [2.75, 3.05) is 6.61 Å². The average Bonchev–Trinajstić information content (AvgIpc) is 3.13. The lowest BCUT2D eigenvalue weighted by atomic mass is 10.0. The van der Waals surface area contributed by atoms with Crippen LogP contribution in [0.15, 0.2) is 11.3 Å². The van der Waals surface area contributed by atoms with Gasteiger partial charge in [0.15, 0.2) is 0 Å². The summed E-state index contributed by atoms with van der Waals surface area (Å²) in [6.45, 7) is 9.96. The molecule has 1 heterocycles. The Balaban J connectivity index is 2.17. The van der Waals surface area contributed by atoms with E-state index in [0.29, 0.717) is 0 Å². The minimum Gasteiger partial charge on any atom is -0.546 e. The topological polar surface area (TPSA) is 18.5 Å². The van der Waals surface area contributed by atoms with Gasteiger partial charge < -0.3 is 9.16 Å². The molecular weight excluding hydrogens is 228 g/mol. The highest BCUT2D eigenvalue weighted by molar-refractivity contribution is 6.73. The van der Waals surface area contributed by atoms with Crippen LogP contribution in [0.3, 0.4) is 0 Å². The summed E-state index contributed by atoms with van der Waals surface area (Å²) in [5, 5.41) is 0. The first-order valence-corrected chi connectivity index (χ1v) is 9.67. The van der Waals surface area contributed by atoms with Gasteiger partial charge in [-0.05, 0) is 43.5 Å². The minimum atomic E-state index is -1.49. The van der Waals surface area contributed by atoms with Crippen molar-refractivity contribution >= 4 is 8.32 Å². The molecule has 17 heavy (non-hydrogen) atoms. The molecule has 2 aliphatic rings. The van der Waals surface area contributed by atoms with Crippen molar-refractivity contribution in [2.24, 2.45) is 0 Å². The Labute approximate surface area is 107 Å². The predicted octanol–water partition coefficient (Wildman–Crippen LogP) is 4.24. The number of hydrogen-bond acceptors (Lipinski definition) is 2. The summed E-state index contributed by atoms with van der Waals surface area (Å²) < 4.78 is 12.5. The zero-order valence-corrected chi connectivity index (χ0v) is 12.8. The Hall–Kier alpha value is -0.283. The van der Waals surface area contributed by atoms with Gasteiger partial charge >= 0.3 is 0 Å². The van der Waals surface area contributed by atoms with Gasteiger partial charge in [0, 0.05) is 6.42 Å². The third-order valence-corrected chi connectivity index (χ3v) is 9.33. The van der Waals surface area contributed by atoms with Crippen molar-refractivity contribution in [2.45, 2.75) is 70.7 Å². The molecule has 3 heteroatoms. The van der Waals surface area contributed by atoms with E-state index in [4.69, 9.17) is 9.16 Å². The van der Waals surface area contributed by atoms with Gasteiger partial charge in [-0.2, -0.15) is 0 Å². The lowest BCUT2D eigenvalue weighted by Gasteiger charge is -2.35. The highest BCUT2D eigenvalue weighted by atomic mass is 28.4. The van der Waals surface area contributed by atoms with Gasteiger partial charge in [0.2, 0.25) is 8.32 Å². The molecule has 2 rings (SSSR count). The fraction of sp³-hybridized carbons (Fsp3) is 0.857. The van der Waals surface area contributed by atoms with Crippen LogP contribution in [0.2, 0.25) is 18.1 Å². The van der Waals surface area contributed by atoms with Crippen LogP contribution in [-0.2, 0) is 9.16 Å². The third-order valence-electron chi connectivity index (χ3n) is 4.79. The maximum atomic E-state index is 6.55. The van der Waals surface area contributed by atoms with Crippen molar-refractivity contribution in [1.29, 1.82) is 0 Å². The second kappa shape index (κ2) is 4.77. The Morgan fingerprint density at radius 3 is 2.24 bits per heavy atom. The van der Waals surface area contributed by atoms with Gasteiger partial charge in [0.05, 0.1) is 18.0 Å². The van der Waals surface area contributed by atoms with Crippen molar-refractivity contribution in [3.05, 3.63) is 11.3 Å². The average molecular weight is 254 g/mol. The molecule has 0 unspecified atom stereocenters. The van der Waals surface area contributed by atoms with E-state index >= 15 is 0 Å². The fourth-order valence-electron chi connectivity index (χ4n) is 2.88. The van der Waals surface area contributed by atoms with E-state index in [-0.39, 0.29) is 5.60 Å². The summed E-state index contributed by atoms with van der Waals surface area (Å²) in [6.07, 6.45) is 3.39. The Bertz CT molecular complexity index is 306. The normalized spacial score (nSPS) is 23.1. The van der Waals surface area contributed by atoms with Gasteiger partial charge in [-0.3, -0.25) is 0 Å². The van der Waals surface area contributed by atoms with Crippen molar-refractivity contribution in [3.63, 3.8) is 0 Å². The molecule has 1 aliphatic heterocycles. The van der Waals surface area contributed by atoms with Gasteiger partial charge in [0.1, 0.15) is 0 Å². The molecule has 0 aromatic carbocycles. The van der Waals surface area contributed by atoms with E-state index < -0.39 is 8.32 Å². The number of ether oxygens (including phenoxy) is 1. The van der Waals surface area contributed by atoms with Crippen LogP contribution in [0.1, 0.15) is 47.0 Å². The van der Waals surface area contributed by atoms with Gasteiger partial charge in [0.25, 0.3) is 0 Å². The van der Waals surface area contributed by atoms with Crippen molar-refractivity contribution in [1.82, 2.24) is 0 Å². The van der Waals surface area contributed by atoms with E-state index in [0.717, 1.165) is 13.0 Å². The molecule has 0 aromatic rings. The quantitative estimate of drug-likeness (QED) is 0.683. The van der Waals surface area contributed by atoms with Gasteiger partial charge in [-0.15, -0.1) is 0 Å². The van der Waals surface area contributed by atoms with Gasteiger partial charge in [-0.1, -0.05) is 20.8 Å². The molecule has 2 nitrogen and oxygen atoms in total. The lowest BCUT2D eigenvalue weighted by Crippen LogP contribution is -2.37. The Kier molecular flexibility index (Phi) is 3.69. The smallest absolute Gasteiger partial charge is 0.250 e. The first-order valence-electron chi connectivity index (χ1n) is 7.14. The molecule has 1 saturated carbocycles. The van der Waals surface area contributed by atoms with E-state index in [9.17, 15) is 0 Å². The zero-order chi connectivity index (χ0) is 12.5. The minimum absolute atomic E-state index is 0.100. The zero-order valence-electron chi connectivity index (χ0n) is 11.8. The van der Waals surface area contributed by atoms with E-state index in [1.165, 1.54) is 42.3 Å². The van der Waals surface area contributed by atoms with E-state index in [2.05, 4.69) is 27.7 Å². The summed E-state index contributed by atoms with van der Waals surface area (Å²) in [6, 6.07) is 3.68. The maximum Gasteiger partial charge on any atom is 0.250 e. The third kappa shape index (κ3) is 2.32. The summed E-state index contributed by atoms with van der Waals surface area (Å²) >= 11 is 0. The summed E-state index contributed by atoms with van der Waals surface area (Å²) in [7, 11) is -1.49. The highest BCUT2D eigenvalue weighted by Crippen LogP contribution is 2.50. The highest BCUT2D eigenvalue weighted by Gasteiger charge is 2.49. The molecular formula is C14H26O2Si. The van der Waals surface area contributed by atoms with Crippen molar-refractivity contribution < 1.29 is 9.16 Å². The van der Waals surface area contributed by atoms with E-state index in [1.54, 1.807) is 0 Å². The molecule has 0 radical (unpaired) electrons. The second-order valence-corrected chi connectivity index (χ2v) is 10.2. The van der Waals surface area contributed by atoms with Crippen LogP contribution in [-0.4, -0.2) is 20.5 Å². The molecule has 0 aromatic heterocycles. The van der Waals surface area contributed by atoms with Crippen molar-refractivity contribution in [3.8, 4) is 0 Å². The van der Waals surface area contributed by atoms with Crippen LogP contribution in [0.25, 0.3) is 0 Å². The first kappa shape index (κ1) is 13.2. The van der Waals surface area contributed by atoms with Crippen LogP contribution in [0.4, 0.5) is 0 Å². The van der Waals surface area contributed by atoms with Crippen LogP contribution >= 0.6 is 0 Å². The molecule has 0 atom stereocenters. The van der Waals surface area contributed by atoms with Crippen LogP contribution < -0.4 is 0 Å². The largest absolute Gasteiger partial charge is 0.546 e. The van der Waals surface area contributed by atoms with Gasteiger partial charge in [-0.25, -0.2) is 0 Å². The second-order valence-electron chi connectivity index (χ2n) is 5.49. The van der Waals surface area contributed by atoms with Crippen LogP contribution in [0, 0.1) is 0 Å². The number of hydrogen-bond donors (Lipinski definition) is 0. The Morgan fingerprint density at radius 1 is 1.18 bits per heavy atom. The number of rotatable bonds is 5. The SMILES string of the molecule is CC[Si](CC)(CC)OC1=C(C)C2(CC2)OCC1. The van der Waals surface area contributed by atoms with Crippen LogP contribution in [0.5, 0.6) is 0 Å². The monoisotopic (exact) mass is 254 g/mol. The lowest BCUT2D eigenvalue weighted by molar-refractivity contribution is 0.0374. The molecule has 0 amide bonds. The summed E-state index contributed by atoms with van der Waals surface area (Å²) in [5.41, 5.74) is 1.50. The molecule has 1 spiro atoms. The van der Waals surface area contributed by atoms with E-state index in [1.807, 2.05) is 0 Å². The maximum absolute atomic E-state index is 6.55. The molecule has 98 valence electrons. The first-order chi connectivity index (χ1) is 8.11. The molecule has 0 saturated heterocycles. The summed E-state index contributed by atoms with van der Waals surface area (Å²) in [5.74, 6) is 1.28. The predicted molar refractivity (Wildman–Crippen MR) is 73.5 cm³/mol. The molecule has 0 N–H and O–H groups in total. The molecule has 0 bridgehead atoms. The summed E-state index contributed by atoms with van der Waals surface area (Å²) in [4.78, 5) is 0. The molecule has 1 fully saturated rings. The standard InChI is InChI=1S/C14H26O2Si/c1-5-17(6-2,7-3)16-13-8-11-15-14(9-10-14)12(13)4/h5-11H2,1-4H3. The fourth-order valence-corrected chi connectivity index (χ4v) is 5.59. The Morgan fingerprint density at radius 2 is 1.76 bits per heavy atom.